The number of hydrogen-bond acceptors (Lipinski definition) is 2. The van der Waals surface area contributed by atoms with Gasteiger partial charge in [-0.25, -0.2) is 4.79 Å². The van der Waals surface area contributed by atoms with E-state index in [0.717, 1.165) is 25.3 Å². The van der Waals surface area contributed by atoms with Crippen LogP contribution in [-0.4, -0.2) is 35.0 Å². The summed E-state index contributed by atoms with van der Waals surface area (Å²) in [5.41, 5.74) is 6.16. The number of anilines is 1. The number of urea groups is 1. The molecule has 4 heteroatoms. The van der Waals surface area contributed by atoms with Crippen molar-refractivity contribution in [2.45, 2.75) is 32.0 Å². The van der Waals surface area contributed by atoms with Crippen LogP contribution in [0.25, 0.3) is 0 Å². The van der Waals surface area contributed by atoms with E-state index in [4.69, 9.17) is 0 Å². The number of fused-ring (bicyclic) bond motifs is 3. The number of para-hydroxylation sites is 1. The lowest BCUT2D eigenvalue weighted by Gasteiger charge is -2.39. The van der Waals surface area contributed by atoms with Gasteiger partial charge in [0.1, 0.15) is 0 Å². The van der Waals surface area contributed by atoms with Crippen molar-refractivity contribution in [3.63, 3.8) is 0 Å². The number of carbonyl (C=O) groups excluding carboxylic acids is 1. The highest BCUT2D eigenvalue weighted by atomic mass is 16.2. The van der Waals surface area contributed by atoms with E-state index in [9.17, 15) is 4.79 Å². The van der Waals surface area contributed by atoms with Gasteiger partial charge in [0, 0.05) is 37.8 Å². The number of rotatable bonds is 3. The first-order valence-electron chi connectivity index (χ1n) is 10.7. The van der Waals surface area contributed by atoms with Gasteiger partial charge < -0.3 is 10.2 Å². The van der Waals surface area contributed by atoms with Crippen LogP contribution in [0.1, 0.15) is 28.2 Å². The highest BCUT2D eigenvalue weighted by Gasteiger charge is 2.43. The van der Waals surface area contributed by atoms with Crippen molar-refractivity contribution in [1.29, 1.82) is 0 Å². The minimum absolute atomic E-state index is 0.00772. The second kappa shape index (κ2) is 7.96. The lowest BCUT2D eigenvalue weighted by Crippen LogP contribution is -2.48. The highest BCUT2D eigenvalue weighted by molar-refractivity contribution is 5.90. The molecule has 3 aromatic rings. The van der Waals surface area contributed by atoms with Gasteiger partial charge in [0.25, 0.3) is 0 Å². The van der Waals surface area contributed by atoms with E-state index in [1.54, 1.807) is 0 Å². The van der Waals surface area contributed by atoms with E-state index in [-0.39, 0.29) is 12.1 Å². The Morgan fingerprint density at radius 2 is 1.67 bits per heavy atom. The van der Waals surface area contributed by atoms with Gasteiger partial charge in [-0.1, -0.05) is 66.7 Å². The molecule has 0 aliphatic carbocycles. The van der Waals surface area contributed by atoms with Crippen LogP contribution in [0.4, 0.5) is 10.5 Å². The molecule has 0 bridgehead atoms. The molecular weight excluding hydrogens is 370 g/mol. The van der Waals surface area contributed by atoms with Crippen LogP contribution in [0.5, 0.6) is 0 Å². The molecule has 2 aliphatic rings. The molecule has 4 nitrogen and oxygen atoms in total. The number of aryl methyl sites for hydroxylation is 1. The van der Waals surface area contributed by atoms with Crippen molar-refractivity contribution in [1.82, 2.24) is 9.80 Å². The standard InChI is InChI=1S/C26H27N3O/c1-19-9-8-14-22-23(19)17-29(26(30)27-21-12-6-3-7-13-21)25-18-28(16-24(22)25)15-20-10-4-2-5-11-20/h2-14,24-25H,15-18H2,1H3,(H,27,30). The van der Waals surface area contributed by atoms with Crippen molar-refractivity contribution in [3.8, 4) is 0 Å². The van der Waals surface area contributed by atoms with Crippen LogP contribution in [0, 0.1) is 6.92 Å². The third kappa shape index (κ3) is 3.59. The quantitative estimate of drug-likeness (QED) is 0.674. The van der Waals surface area contributed by atoms with Gasteiger partial charge in [0.2, 0.25) is 0 Å². The Balaban J connectivity index is 1.43. The van der Waals surface area contributed by atoms with Gasteiger partial charge in [-0.15, -0.1) is 0 Å². The maximum atomic E-state index is 13.3. The molecule has 2 aliphatic heterocycles. The molecule has 0 radical (unpaired) electrons. The first-order valence-corrected chi connectivity index (χ1v) is 10.7. The van der Waals surface area contributed by atoms with Gasteiger partial charge in [-0.2, -0.15) is 0 Å². The molecule has 152 valence electrons. The molecule has 0 saturated carbocycles. The molecule has 1 N–H and O–H groups in total. The van der Waals surface area contributed by atoms with Crippen molar-refractivity contribution in [2.24, 2.45) is 0 Å². The summed E-state index contributed by atoms with van der Waals surface area (Å²) in [5, 5.41) is 3.11. The molecule has 1 saturated heterocycles. The SMILES string of the molecule is Cc1cccc2c1CN(C(=O)Nc1ccccc1)C1CN(Cc3ccccc3)CC21. The molecule has 5 rings (SSSR count). The predicted octanol–water partition coefficient (Wildman–Crippen LogP) is 5.01. The number of likely N-dealkylation sites (tertiary alicyclic amines) is 1. The second-order valence-corrected chi connectivity index (χ2v) is 8.42. The maximum absolute atomic E-state index is 13.3. The van der Waals surface area contributed by atoms with Gasteiger partial charge in [0.05, 0.1) is 6.04 Å². The number of carbonyl (C=O) groups is 1. The van der Waals surface area contributed by atoms with Gasteiger partial charge in [-0.3, -0.25) is 4.90 Å². The molecule has 30 heavy (non-hydrogen) atoms. The van der Waals surface area contributed by atoms with E-state index in [0.29, 0.717) is 12.5 Å². The summed E-state index contributed by atoms with van der Waals surface area (Å²) >= 11 is 0. The summed E-state index contributed by atoms with van der Waals surface area (Å²) in [5.74, 6) is 0.346. The Hall–Kier alpha value is -3.11. The molecule has 2 atom stereocenters. The number of benzene rings is 3. The highest BCUT2D eigenvalue weighted by Crippen LogP contribution is 2.40. The van der Waals surface area contributed by atoms with Gasteiger partial charge in [-0.05, 0) is 41.3 Å². The zero-order chi connectivity index (χ0) is 20.5. The first-order chi connectivity index (χ1) is 14.7. The molecule has 0 aromatic heterocycles. The van der Waals surface area contributed by atoms with Crippen LogP contribution in [0.3, 0.4) is 0 Å². The van der Waals surface area contributed by atoms with Crippen molar-refractivity contribution in [2.75, 3.05) is 18.4 Å². The van der Waals surface area contributed by atoms with E-state index in [1.165, 1.54) is 22.3 Å². The fourth-order valence-corrected chi connectivity index (χ4v) is 4.97. The summed E-state index contributed by atoms with van der Waals surface area (Å²) < 4.78 is 0. The molecule has 2 unspecified atom stereocenters. The van der Waals surface area contributed by atoms with Gasteiger partial charge >= 0.3 is 6.03 Å². The second-order valence-electron chi connectivity index (χ2n) is 8.42. The Labute approximate surface area is 178 Å². The number of hydrogen-bond donors (Lipinski definition) is 1. The third-order valence-electron chi connectivity index (χ3n) is 6.47. The largest absolute Gasteiger partial charge is 0.322 e. The lowest BCUT2D eigenvalue weighted by atomic mass is 9.84. The first kappa shape index (κ1) is 18.9. The third-order valence-corrected chi connectivity index (χ3v) is 6.47. The summed E-state index contributed by atoms with van der Waals surface area (Å²) in [6, 6.07) is 27.1. The molecule has 1 fully saturated rings. The minimum atomic E-state index is -0.00772. The minimum Gasteiger partial charge on any atom is -0.315 e. The summed E-state index contributed by atoms with van der Waals surface area (Å²) in [4.78, 5) is 17.8. The molecular formula is C26H27N3O. The zero-order valence-electron chi connectivity index (χ0n) is 17.3. The Kier molecular flexibility index (Phi) is 5.01. The smallest absolute Gasteiger partial charge is 0.315 e. The summed E-state index contributed by atoms with van der Waals surface area (Å²) in [6.07, 6.45) is 0. The number of nitrogens with zero attached hydrogens (tertiary/aromatic N) is 2. The lowest BCUT2D eigenvalue weighted by molar-refractivity contribution is 0.171. The van der Waals surface area contributed by atoms with Crippen LogP contribution in [-0.2, 0) is 13.1 Å². The monoisotopic (exact) mass is 397 g/mol. The van der Waals surface area contributed by atoms with Crippen molar-refractivity contribution < 1.29 is 4.79 Å². The van der Waals surface area contributed by atoms with E-state index < -0.39 is 0 Å². The molecule has 2 heterocycles. The van der Waals surface area contributed by atoms with Crippen LogP contribution < -0.4 is 5.32 Å². The molecule has 0 spiro atoms. The predicted molar refractivity (Wildman–Crippen MR) is 120 cm³/mol. The summed E-state index contributed by atoms with van der Waals surface area (Å²) in [7, 11) is 0. The fourth-order valence-electron chi connectivity index (χ4n) is 4.97. The van der Waals surface area contributed by atoms with Crippen LogP contribution >= 0.6 is 0 Å². The fraction of sp³-hybridized carbons (Fsp3) is 0.269. The summed E-state index contributed by atoms with van der Waals surface area (Å²) in [6.45, 7) is 5.62. The topological polar surface area (TPSA) is 35.6 Å². The van der Waals surface area contributed by atoms with E-state index in [1.807, 2.05) is 30.3 Å². The van der Waals surface area contributed by atoms with E-state index >= 15 is 0 Å². The molecule has 3 aromatic carbocycles. The Bertz CT molecular complexity index is 1030. The average molecular weight is 398 g/mol. The van der Waals surface area contributed by atoms with Gasteiger partial charge in [0.15, 0.2) is 0 Å². The normalized spacial score (nSPS) is 20.5. The van der Waals surface area contributed by atoms with Crippen molar-refractivity contribution >= 4 is 11.7 Å². The van der Waals surface area contributed by atoms with Crippen molar-refractivity contribution in [3.05, 3.63) is 101 Å². The Morgan fingerprint density at radius 3 is 2.43 bits per heavy atom. The van der Waals surface area contributed by atoms with E-state index in [2.05, 4.69) is 70.6 Å². The van der Waals surface area contributed by atoms with Crippen LogP contribution in [0.15, 0.2) is 78.9 Å². The molecule has 2 amide bonds. The number of amides is 2. The zero-order valence-corrected chi connectivity index (χ0v) is 17.3. The maximum Gasteiger partial charge on any atom is 0.322 e. The van der Waals surface area contributed by atoms with Crippen LogP contribution in [0.2, 0.25) is 0 Å². The average Bonchev–Trinajstić information content (AvgIpc) is 3.18. The Morgan fingerprint density at radius 1 is 0.933 bits per heavy atom. The number of nitrogens with one attached hydrogen (secondary N) is 1.